The van der Waals surface area contributed by atoms with Crippen molar-refractivity contribution in [2.45, 2.75) is 26.9 Å². The Labute approximate surface area is 103 Å². The van der Waals surface area contributed by atoms with Crippen LogP contribution in [0.3, 0.4) is 0 Å². The molecule has 0 amide bonds. The van der Waals surface area contributed by atoms with Crippen molar-refractivity contribution < 1.29 is 14.2 Å². The van der Waals surface area contributed by atoms with E-state index in [1.807, 2.05) is 32.9 Å². The normalized spacial score (nSPS) is 10.2. The van der Waals surface area contributed by atoms with Gasteiger partial charge in [0, 0.05) is 5.56 Å². The minimum Gasteiger partial charge on any atom is -0.493 e. The fraction of sp³-hybridized carbons (Fsp3) is 0.429. The van der Waals surface area contributed by atoms with E-state index in [0.717, 1.165) is 5.56 Å². The molecule has 0 heterocycles. The van der Waals surface area contributed by atoms with Crippen molar-refractivity contribution >= 4 is 6.08 Å². The number of benzene rings is 1. The molecule has 0 aliphatic rings. The Balaban J connectivity index is 3.29. The molecule has 0 atom stereocenters. The van der Waals surface area contributed by atoms with Crippen molar-refractivity contribution in [3.8, 4) is 17.2 Å². The van der Waals surface area contributed by atoms with Gasteiger partial charge in [0.2, 0.25) is 5.75 Å². The number of methoxy groups -OCH3 is 1. The van der Waals surface area contributed by atoms with Crippen LogP contribution in [0.15, 0.2) is 18.7 Å². The van der Waals surface area contributed by atoms with Crippen LogP contribution in [0.5, 0.6) is 17.2 Å². The lowest BCUT2D eigenvalue weighted by atomic mass is 10.1. The quantitative estimate of drug-likeness (QED) is 0.756. The van der Waals surface area contributed by atoms with Crippen LogP contribution in [-0.2, 0) is 0 Å². The topological polar surface area (TPSA) is 27.7 Å². The third-order valence-corrected chi connectivity index (χ3v) is 2.19. The van der Waals surface area contributed by atoms with E-state index >= 15 is 0 Å². The average molecular weight is 236 g/mol. The van der Waals surface area contributed by atoms with Gasteiger partial charge < -0.3 is 14.2 Å². The highest BCUT2D eigenvalue weighted by Gasteiger charge is 2.16. The van der Waals surface area contributed by atoms with E-state index in [-0.39, 0.29) is 6.10 Å². The van der Waals surface area contributed by atoms with E-state index in [9.17, 15) is 0 Å². The van der Waals surface area contributed by atoms with Crippen LogP contribution >= 0.6 is 0 Å². The average Bonchev–Trinajstić information content (AvgIpc) is 2.30. The van der Waals surface area contributed by atoms with E-state index in [1.54, 1.807) is 13.2 Å². The molecule has 1 rings (SSSR count). The molecule has 1 aromatic rings. The fourth-order valence-corrected chi connectivity index (χ4v) is 1.52. The second-order valence-corrected chi connectivity index (χ2v) is 3.82. The first-order chi connectivity index (χ1) is 8.13. The van der Waals surface area contributed by atoms with Crippen LogP contribution in [-0.4, -0.2) is 19.8 Å². The molecule has 0 N–H and O–H groups in total. The van der Waals surface area contributed by atoms with Gasteiger partial charge in [0.1, 0.15) is 0 Å². The summed E-state index contributed by atoms with van der Waals surface area (Å²) in [5.41, 5.74) is 0.906. The second-order valence-electron chi connectivity index (χ2n) is 3.82. The van der Waals surface area contributed by atoms with Crippen molar-refractivity contribution in [1.82, 2.24) is 0 Å². The highest BCUT2D eigenvalue weighted by atomic mass is 16.5. The van der Waals surface area contributed by atoms with Crippen LogP contribution in [0, 0.1) is 0 Å². The number of ether oxygens (including phenoxy) is 3. The van der Waals surface area contributed by atoms with E-state index in [1.165, 1.54) is 0 Å². The molecule has 3 nitrogen and oxygen atoms in total. The molecule has 3 heteroatoms. The first kappa shape index (κ1) is 13.4. The molecule has 0 aliphatic heterocycles. The van der Waals surface area contributed by atoms with Crippen molar-refractivity contribution in [2.75, 3.05) is 13.7 Å². The van der Waals surface area contributed by atoms with E-state index in [4.69, 9.17) is 14.2 Å². The molecule has 0 saturated heterocycles. The predicted molar refractivity (Wildman–Crippen MR) is 70.0 cm³/mol. The Morgan fingerprint density at radius 1 is 1.29 bits per heavy atom. The van der Waals surface area contributed by atoms with Crippen molar-refractivity contribution in [2.24, 2.45) is 0 Å². The molecule has 1 aromatic carbocycles. The van der Waals surface area contributed by atoms with Gasteiger partial charge in [-0.25, -0.2) is 0 Å². The van der Waals surface area contributed by atoms with E-state index in [2.05, 4.69) is 6.58 Å². The molecule has 17 heavy (non-hydrogen) atoms. The third kappa shape index (κ3) is 3.16. The van der Waals surface area contributed by atoms with Gasteiger partial charge in [0.25, 0.3) is 0 Å². The lowest BCUT2D eigenvalue weighted by molar-refractivity contribution is 0.218. The van der Waals surface area contributed by atoms with Gasteiger partial charge in [-0.2, -0.15) is 0 Å². The summed E-state index contributed by atoms with van der Waals surface area (Å²) in [7, 11) is 1.62. The maximum Gasteiger partial charge on any atom is 0.204 e. The monoisotopic (exact) mass is 236 g/mol. The molecule has 0 spiro atoms. The molecule has 0 radical (unpaired) electrons. The molecule has 0 unspecified atom stereocenters. The molecular formula is C14H20O3. The summed E-state index contributed by atoms with van der Waals surface area (Å²) >= 11 is 0. The zero-order valence-electron chi connectivity index (χ0n) is 10.9. The SMILES string of the molecule is C=Cc1ccc(OC)c(OCC)c1OC(C)C. The van der Waals surface area contributed by atoms with Gasteiger partial charge in [-0.05, 0) is 32.9 Å². The summed E-state index contributed by atoms with van der Waals surface area (Å²) in [4.78, 5) is 0. The maximum absolute atomic E-state index is 5.79. The van der Waals surface area contributed by atoms with Crippen molar-refractivity contribution in [3.63, 3.8) is 0 Å². The van der Waals surface area contributed by atoms with Crippen LogP contribution in [0.2, 0.25) is 0 Å². The van der Waals surface area contributed by atoms with Crippen molar-refractivity contribution in [3.05, 3.63) is 24.3 Å². The highest BCUT2D eigenvalue weighted by molar-refractivity contribution is 5.65. The molecule has 0 saturated carbocycles. The Morgan fingerprint density at radius 2 is 2.00 bits per heavy atom. The summed E-state index contributed by atoms with van der Waals surface area (Å²) < 4.78 is 16.7. The Kier molecular flexibility index (Phi) is 4.88. The van der Waals surface area contributed by atoms with Crippen LogP contribution < -0.4 is 14.2 Å². The lowest BCUT2D eigenvalue weighted by Gasteiger charge is -2.19. The first-order valence-electron chi connectivity index (χ1n) is 5.76. The van der Waals surface area contributed by atoms with Gasteiger partial charge in [-0.1, -0.05) is 12.7 Å². The molecule has 0 aliphatic carbocycles. The van der Waals surface area contributed by atoms with Gasteiger partial charge in [0.15, 0.2) is 11.5 Å². The summed E-state index contributed by atoms with van der Waals surface area (Å²) in [6, 6.07) is 3.77. The molecule has 0 fully saturated rings. The number of hydrogen-bond donors (Lipinski definition) is 0. The van der Waals surface area contributed by atoms with E-state index in [0.29, 0.717) is 23.9 Å². The van der Waals surface area contributed by atoms with Crippen LogP contribution in [0.1, 0.15) is 26.3 Å². The molecule has 0 bridgehead atoms. The van der Waals surface area contributed by atoms with Crippen molar-refractivity contribution in [1.29, 1.82) is 0 Å². The first-order valence-corrected chi connectivity index (χ1v) is 5.76. The Hall–Kier alpha value is -1.64. The summed E-state index contributed by atoms with van der Waals surface area (Å²) in [6.07, 6.45) is 1.82. The predicted octanol–water partition coefficient (Wildman–Crippen LogP) is 3.52. The second kappa shape index (κ2) is 6.18. The van der Waals surface area contributed by atoms with E-state index < -0.39 is 0 Å². The van der Waals surface area contributed by atoms with Crippen LogP contribution in [0.25, 0.3) is 6.08 Å². The minimum atomic E-state index is 0.0695. The smallest absolute Gasteiger partial charge is 0.204 e. The molecular weight excluding hydrogens is 216 g/mol. The molecule has 94 valence electrons. The maximum atomic E-state index is 5.79. The zero-order valence-corrected chi connectivity index (χ0v) is 10.9. The van der Waals surface area contributed by atoms with Crippen LogP contribution in [0.4, 0.5) is 0 Å². The number of rotatable bonds is 6. The van der Waals surface area contributed by atoms with Gasteiger partial charge >= 0.3 is 0 Å². The highest BCUT2D eigenvalue weighted by Crippen LogP contribution is 2.41. The van der Waals surface area contributed by atoms with Gasteiger partial charge in [-0.3, -0.25) is 0 Å². The van der Waals surface area contributed by atoms with Gasteiger partial charge in [-0.15, -0.1) is 0 Å². The number of hydrogen-bond acceptors (Lipinski definition) is 3. The standard InChI is InChI=1S/C14H20O3/c1-6-11-8-9-12(15-5)14(16-7-2)13(11)17-10(3)4/h6,8-10H,1,7H2,2-5H3. The summed E-state index contributed by atoms with van der Waals surface area (Å²) in [5.74, 6) is 2.01. The summed E-state index contributed by atoms with van der Waals surface area (Å²) in [5, 5.41) is 0. The van der Waals surface area contributed by atoms with Gasteiger partial charge in [0.05, 0.1) is 19.8 Å². The zero-order chi connectivity index (χ0) is 12.8. The Bertz CT molecular complexity index is 383. The lowest BCUT2D eigenvalue weighted by Crippen LogP contribution is -2.09. The third-order valence-electron chi connectivity index (χ3n) is 2.19. The fourth-order valence-electron chi connectivity index (χ4n) is 1.52. The minimum absolute atomic E-state index is 0.0695. The largest absolute Gasteiger partial charge is 0.493 e. The summed E-state index contributed by atoms with van der Waals surface area (Å²) in [6.45, 7) is 10.2. The Morgan fingerprint density at radius 3 is 2.47 bits per heavy atom. The molecule has 0 aromatic heterocycles.